The molecule has 29 heavy (non-hydrogen) atoms. The Morgan fingerprint density at radius 2 is 1.66 bits per heavy atom. The fourth-order valence-electron chi connectivity index (χ4n) is 4.74. The highest BCUT2D eigenvalue weighted by atomic mass is 16.2. The molecule has 6 nitrogen and oxygen atoms in total. The average molecular weight is 396 g/mol. The Morgan fingerprint density at radius 1 is 1.00 bits per heavy atom. The minimum Gasteiger partial charge on any atom is -0.371 e. The van der Waals surface area contributed by atoms with Crippen LogP contribution in [-0.2, 0) is 4.79 Å². The Balaban J connectivity index is 1.53. The summed E-state index contributed by atoms with van der Waals surface area (Å²) in [5, 5.41) is 2.67. The third-order valence-corrected chi connectivity index (χ3v) is 6.62. The molecule has 0 bridgehead atoms. The largest absolute Gasteiger partial charge is 0.371 e. The van der Waals surface area contributed by atoms with Gasteiger partial charge in [-0.2, -0.15) is 0 Å². The number of hydrogen-bond donors (Lipinski definition) is 1. The van der Waals surface area contributed by atoms with E-state index in [1.54, 1.807) is 6.07 Å². The molecule has 3 heterocycles. The quantitative estimate of drug-likeness (QED) is 0.780. The number of carbonyl (C=O) groups excluding carboxylic acids is 3. The number of nitrogens with one attached hydrogen (secondary N) is 1. The lowest BCUT2D eigenvalue weighted by Gasteiger charge is -2.39. The van der Waals surface area contributed by atoms with Crippen LogP contribution in [0.2, 0.25) is 0 Å². The number of benzene rings is 1. The van der Waals surface area contributed by atoms with Crippen molar-refractivity contribution >= 4 is 23.4 Å². The van der Waals surface area contributed by atoms with Gasteiger partial charge in [0.05, 0.1) is 11.1 Å². The molecule has 0 spiro atoms. The number of carbonyl (C=O) groups is 3. The molecule has 154 valence electrons. The molecule has 0 aliphatic carbocycles. The minimum atomic E-state index is -0.765. The lowest BCUT2D eigenvalue weighted by molar-refractivity contribution is -0.125. The number of fused-ring (bicyclic) bond motifs is 1. The molecule has 2 fully saturated rings. The van der Waals surface area contributed by atoms with Crippen molar-refractivity contribution in [2.24, 2.45) is 11.3 Å². The smallest absolute Gasteiger partial charge is 0.262 e. The monoisotopic (exact) mass is 395 g/mol. The maximum absolute atomic E-state index is 13.0. The van der Waals surface area contributed by atoms with Crippen LogP contribution in [0.5, 0.6) is 0 Å². The van der Waals surface area contributed by atoms with E-state index in [4.69, 9.17) is 0 Å². The van der Waals surface area contributed by atoms with Crippen LogP contribution in [0.25, 0.3) is 0 Å². The fourth-order valence-corrected chi connectivity index (χ4v) is 4.74. The predicted molar refractivity (Wildman–Crippen MR) is 112 cm³/mol. The molecule has 1 N–H and O–H groups in total. The van der Waals surface area contributed by atoms with Crippen molar-refractivity contribution in [3.63, 3.8) is 0 Å². The molecule has 0 radical (unpaired) electrons. The zero-order chi connectivity index (χ0) is 20.9. The van der Waals surface area contributed by atoms with Crippen LogP contribution in [0.15, 0.2) is 30.5 Å². The average Bonchev–Trinajstić information content (AvgIpc) is 2.92. The van der Waals surface area contributed by atoms with E-state index in [-0.39, 0.29) is 17.7 Å². The van der Waals surface area contributed by atoms with E-state index in [9.17, 15) is 14.4 Å². The Labute approximate surface area is 171 Å². The first-order chi connectivity index (χ1) is 13.7. The molecule has 0 aromatic heterocycles. The van der Waals surface area contributed by atoms with E-state index in [0.717, 1.165) is 36.5 Å². The second-order valence-corrected chi connectivity index (χ2v) is 9.48. The van der Waals surface area contributed by atoms with E-state index in [1.807, 2.05) is 12.1 Å². The summed E-state index contributed by atoms with van der Waals surface area (Å²) in [4.78, 5) is 41.7. The second kappa shape index (κ2) is 7.01. The molecule has 0 saturated carbocycles. The summed E-state index contributed by atoms with van der Waals surface area (Å²) < 4.78 is 0. The van der Waals surface area contributed by atoms with E-state index >= 15 is 0 Å². The maximum Gasteiger partial charge on any atom is 0.262 e. The van der Waals surface area contributed by atoms with Gasteiger partial charge in [-0.05, 0) is 55.2 Å². The fraction of sp³-hybridized carbons (Fsp3) is 0.522. The molecule has 6 heteroatoms. The molecule has 3 aliphatic heterocycles. The van der Waals surface area contributed by atoms with E-state index < -0.39 is 6.04 Å². The standard InChI is InChI=1S/C23H29N3O3/c1-14-5-8-19(20(27)24-14)26-21(28)17-7-6-16(13-18(17)22(26)29)25-11-9-15(10-12-25)23(2,3)4/h6-7,13,15,19H,1,5,8-12H2,2-4H3,(H,24,27). The van der Waals surface area contributed by atoms with Crippen LogP contribution in [0, 0.1) is 11.3 Å². The first-order valence-corrected chi connectivity index (χ1v) is 10.4. The molecule has 1 aromatic carbocycles. The Hall–Kier alpha value is -2.63. The van der Waals surface area contributed by atoms with Crippen LogP contribution in [0.4, 0.5) is 5.69 Å². The second-order valence-electron chi connectivity index (χ2n) is 9.48. The highest BCUT2D eigenvalue weighted by molar-refractivity contribution is 6.23. The SMILES string of the molecule is C=C1CCC(N2C(=O)c3ccc(N4CCC(C(C)(C)C)CC4)cc3C2=O)C(=O)N1. The Kier molecular flexibility index (Phi) is 4.75. The number of allylic oxidation sites excluding steroid dienone is 1. The third-order valence-electron chi connectivity index (χ3n) is 6.62. The minimum absolute atomic E-state index is 0.304. The number of rotatable bonds is 2. The Bertz CT molecular complexity index is 891. The van der Waals surface area contributed by atoms with Crippen LogP contribution in [0.1, 0.15) is 67.2 Å². The first-order valence-electron chi connectivity index (χ1n) is 10.4. The zero-order valence-electron chi connectivity index (χ0n) is 17.5. The lowest BCUT2D eigenvalue weighted by atomic mass is 9.75. The topological polar surface area (TPSA) is 69.7 Å². The van der Waals surface area contributed by atoms with Gasteiger partial charge in [0.1, 0.15) is 6.04 Å². The van der Waals surface area contributed by atoms with E-state index in [0.29, 0.717) is 41.0 Å². The predicted octanol–water partition coefficient (Wildman–Crippen LogP) is 3.34. The van der Waals surface area contributed by atoms with Gasteiger partial charge in [-0.3, -0.25) is 19.3 Å². The van der Waals surface area contributed by atoms with Crippen LogP contribution < -0.4 is 10.2 Å². The van der Waals surface area contributed by atoms with Gasteiger partial charge in [0, 0.05) is 24.5 Å². The van der Waals surface area contributed by atoms with Crippen molar-refractivity contribution in [3.05, 3.63) is 41.6 Å². The molecule has 1 atom stereocenters. The normalized spacial score (nSPS) is 23.5. The first kappa shape index (κ1) is 19.7. The molecule has 3 amide bonds. The number of amides is 3. The van der Waals surface area contributed by atoms with Crippen molar-refractivity contribution in [2.75, 3.05) is 18.0 Å². The summed E-state index contributed by atoms with van der Waals surface area (Å²) >= 11 is 0. The van der Waals surface area contributed by atoms with Crippen molar-refractivity contribution in [3.8, 4) is 0 Å². The van der Waals surface area contributed by atoms with Gasteiger partial charge >= 0.3 is 0 Å². The number of nitrogens with zero attached hydrogens (tertiary/aromatic N) is 2. The van der Waals surface area contributed by atoms with Crippen LogP contribution >= 0.6 is 0 Å². The highest BCUT2D eigenvalue weighted by Crippen LogP contribution is 2.37. The number of piperidine rings is 2. The van der Waals surface area contributed by atoms with Crippen molar-refractivity contribution in [1.82, 2.24) is 10.2 Å². The molecule has 2 saturated heterocycles. The molecule has 1 unspecified atom stereocenters. The number of hydrogen-bond acceptors (Lipinski definition) is 4. The van der Waals surface area contributed by atoms with Crippen LogP contribution in [-0.4, -0.2) is 41.8 Å². The number of imide groups is 1. The summed E-state index contributed by atoms with van der Waals surface area (Å²) in [5.74, 6) is -0.397. The summed E-state index contributed by atoms with van der Waals surface area (Å²) in [6.45, 7) is 12.5. The van der Waals surface area contributed by atoms with Crippen molar-refractivity contribution in [2.45, 2.75) is 52.5 Å². The molecular weight excluding hydrogens is 366 g/mol. The third kappa shape index (κ3) is 3.45. The van der Waals surface area contributed by atoms with Crippen molar-refractivity contribution in [1.29, 1.82) is 0 Å². The Morgan fingerprint density at radius 3 is 2.28 bits per heavy atom. The van der Waals surface area contributed by atoms with E-state index in [2.05, 4.69) is 37.6 Å². The van der Waals surface area contributed by atoms with Gasteiger partial charge in [-0.1, -0.05) is 27.4 Å². The van der Waals surface area contributed by atoms with Crippen molar-refractivity contribution < 1.29 is 14.4 Å². The molecule has 4 rings (SSSR count). The van der Waals surface area contributed by atoms with Gasteiger partial charge in [-0.25, -0.2) is 0 Å². The van der Waals surface area contributed by atoms with E-state index in [1.165, 1.54) is 0 Å². The van der Waals surface area contributed by atoms with Crippen LogP contribution in [0.3, 0.4) is 0 Å². The van der Waals surface area contributed by atoms with Gasteiger partial charge in [0.15, 0.2) is 0 Å². The highest BCUT2D eigenvalue weighted by Gasteiger charge is 2.44. The van der Waals surface area contributed by atoms with Gasteiger partial charge in [0.2, 0.25) is 5.91 Å². The maximum atomic E-state index is 13.0. The summed E-state index contributed by atoms with van der Waals surface area (Å²) in [6.07, 6.45) is 3.22. The van der Waals surface area contributed by atoms with Gasteiger partial charge in [-0.15, -0.1) is 0 Å². The summed E-state index contributed by atoms with van der Waals surface area (Å²) in [6, 6.07) is 4.72. The lowest BCUT2D eigenvalue weighted by Crippen LogP contribution is -2.51. The van der Waals surface area contributed by atoms with Gasteiger partial charge in [0.25, 0.3) is 11.8 Å². The van der Waals surface area contributed by atoms with Gasteiger partial charge < -0.3 is 10.2 Å². The summed E-state index contributed by atoms with van der Waals surface area (Å²) in [5.41, 5.74) is 2.70. The zero-order valence-corrected chi connectivity index (χ0v) is 17.5. The molecule has 3 aliphatic rings. The molecule has 1 aromatic rings. The number of anilines is 1. The summed E-state index contributed by atoms with van der Waals surface area (Å²) in [7, 11) is 0. The molecular formula is C23H29N3O3.